The van der Waals surface area contributed by atoms with Crippen molar-refractivity contribution in [1.29, 1.82) is 0 Å². The van der Waals surface area contributed by atoms with Crippen LogP contribution in [0.15, 0.2) is 36.5 Å². The first-order valence-corrected chi connectivity index (χ1v) is 10.8. The predicted molar refractivity (Wildman–Crippen MR) is 115 cm³/mol. The zero-order valence-electron chi connectivity index (χ0n) is 16.4. The van der Waals surface area contributed by atoms with Crippen LogP contribution in [0.5, 0.6) is 0 Å². The fourth-order valence-electron chi connectivity index (χ4n) is 3.73. The molecule has 1 aliphatic rings. The number of amides is 1. The Morgan fingerprint density at radius 3 is 3.07 bits per heavy atom. The van der Waals surface area contributed by atoms with E-state index in [1.165, 1.54) is 23.5 Å². The van der Waals surface area contributed by atoms with Gasteiger partial charge in [-0.05, 0) is 36.6 Å². The standard InChI is InChI=1S/C21H22ClFN4O2S/c1-29-17-5-6-27-19(16(22)11-25-27)15-9-18(30-20(15)17)21(28)26-14(10-24)8-12-3-2-4-13(23)7-12/h2-4,7,9,11,14,17H,5-6,8,10,24H2,1H3,(H,26,28). The van der Waals surface area contributed by atoms with E-state index in [-0.39, 0.29) is 30.4 Å². The van der Waals surface area contributed by atoms with Gasteiger partial charge < -0.3 is 15.8 Å². The van der Waals surface area contributed by atoms with Crippen LogP contribution in [0.4, 0.5) is 4.39 Å². The van der Waals surface area contributed by atoms with Gasteiger partial charge >= 0.3 is 0 Å². The second-order valence-corrected chi connectivity index (χ2v) is 8.70. The Balaban J connectivity index is 1.59. The number of halogens is 2. The quantitative estimate of drug-likeness (QED) is 0.601. The highest BCUT2D eigenvalue weighted by Crippen LogP contribution is 2.43. The van der Waals surface area contributed by atoms with E-state index in [2.05, 4.69) is 10.4 Å². The number of hydrogen-bond acceptors (Lipinski definition) is 5. The number of nitrogens with two attached hydrogens (primary N) is 1. The number of nitrogens with zero attached hydrogens (tertiary/aromatic N) is 2. The molecule has 30 heavy (non-hydrogen) atoms. The smallest absolute Gasteiger partial charge is 0.261 e. The third kappa shape index (κ3) is 4.13. The van der Waals surface area contributed by atoms with Crippen molar-refractivity contribution in [1.82, 2.24) is 15.1 Å². The molecule has 1 aliphatic heterocycles. The first kappa shape index (κ1) is 21.0. The SMILES string of the molecule is COC1CCn2ncc(Cl)c2-c2cc(C(=O)NC(CN)Cc3cccc(F)c3)sc21. The van der Waals surface area contributed by atoms with Crippen LogP contribution < -0.4 is 11.1 Å². The summed E-state index contributed by atoms with van der Waals surface area (Å²) in [5, 5.41) is 7.85. The van der Waals surface area contributed by atoms with E-state index in [4.69, 9.17) is 22.1 Å². The van der Waals surface area contributed by atoms with E-state index in [1.807, 2.05) is 16.8 Å². The Morgan fingerprint density at radius 1 is 1.50 bits per heavy atom. The fraction of sp³-hybridized carbons (Fsp3) is 0.333. The maximum absolute atomic E-state index is 13.5. The van der Waals surface area contributed by atoms with E-state index >= 15 is 0 Å². The monoisotopic (exact) mass is 448 g/mol. The summed E-state index contributed by atoms with van der Waals surface area (Å²) in [6, 6.07) is 7.83. The molecular weight excluding hydrogens is 427 g/mol. The molecule has 3 aromatic rings. The van der Waals surface area contributed by atoms with Gasteiger partial charge in [0.05, 0.1) is 27.9 Å². The van der Waals surface area contributed by atoms with E-state index in [0.717, 1.165) is 28.1 Å². The summed E-state index contributed by atoms with van der Waals surface area (Å²) in [4.78, 5) is 14.5. The average molecular weight is 449 g/mol. The molecular formula is C21H22ClFN4O2S. The molecule has 4 rings (SSSR count). The minimum absolute atomic E-state index is 0.137. The molecule has 2 atom stereocenters. The number of benzene rings is 1. The van der Waals surface area contributed by atoms with E-state index in [1.54, 1.807) is 19.4 Å². The lowest BCUT2D eigenvalue weighted by Gasteiger charge is -2.16. The van der Waals surface area contributed by atoms with Gasteiger partial charge in [-0.25, -0.2) is 4.39 Å². The molecule has 0 spiro atoms. The molecule has 9 heteroatoms. The van der Waals surface area contributed by atoms with Crippen LogP contribution >= 0.6 is 22.9 Å². The number of rotatable bonds is 6. The van der Waals surface area contributed by atoms with Crippen molar-refractivity contribution in [2.24, 2.45) is 5.73 Å². The minimum Gasteiger partial charge on any atom is -0.376 e. The van der Waals surface area contributed by atoms with Gasteiger partial charge in [-0.15, -0.1) is 11.3 Å². The lowest BCUT2D eigenvalue weighted by Crippen LogP contribution is -2.41. The van der Waals surface area contributed by atoms with Gasteiger partial charge in [0.25, 0.3) is 5.91 Å². The van der Waals surface area contributed by atoms with Gasteiger partial charge in [-0.2, -0.15) is 5.10 Å². The molecule has 0 saturated carbocycles. The van der Waals surface area contributed by atoms with Gasteiger partial charge in [0.2, 0.25) is 0 Å². The third-order valence-electron chi connectivity index (χ3n) is 5.21. The number of methoxy groups -OCH3 is 1. The zero-order valence-corrected chi connectivity index (χ0v) is 18.0. The van der Waals surface area contributed by atoms with Gasteiger partial charge in [-0.1, -0.05) is 23.7 Å². The maximum atomic E-state index is 13.5. The lowest BCUT2D eigenvalue weighted by atomic mass is 10.1. The molecule has 0 saturated heterocycles. The third-order valence-corrected chi connectivity index (χ3v) is 6.71. The van der Waals surface area contributed by atoms with E-state index in [9.17, 15) is 9.18 Å². The van der Waals surface area contributed by atoms with Gasteiger partial charge in [0.15, 0.2) is 0 Å². The highest BCUT2D eigenvalue weighted by molar-refractivity contribution is 7.14. The summed E-state index contributed by atoms with van der Waals surface area (Å²) in [7, 11) is 1.66. The lowest BCUT2D eigenvalue weighted by molar-refractivity contribution is 0.0941. The molecule has 1 aromatic carbocycles. The Hall–Kier alpha value is -2.26. The normalized spacial score (nSPS) is 16.5. The van der Waals surface area contributed by atoms with Crippen molar-refractivity contribution in [2.75, 3.05) is 13.7 Å². The first-order chi connectivity index (χ1) is 14.5. The van der Waals surface area contributed by atoms with Crippen LogP contribution in [0.3, 0.4) is 0 Å². The molecule has 1 amide bonds. The summed E-state index contributed by atoms with van der Waals surface area (Å²) in [5.74, 6) is -0.535. The molecule has 0 fully saturated rings. The summed E-state index contributed by atoms with van der Waals surface area (Å²) in [5.41, 5.74) is 8.31. The Labute approximate surface area is 182 Å². The maximum Gasteiger partial charge on any atom is 0.261 e. The van der Waals surface area contributed by atoms with Crippen LogP contribution in [0.1, 0.15) is 32.6 Å². The van der Waals surface area contributed by atoms with Gasteiger partial charge in [0, 0.05) is 36.7 Å². The largest absolute Gasteiger partial charge is 0.376 e. The number of thiophene rings is 1. The van der Waals surface area contributed by atoms with Crippen LogP contribution in [-0.4, -0.2) is 35.4 Å². The van der Waals surface area contributed by atoms with Crippen LogP contribution in [0, 0.1) is 5.82 Å². The number of carbonyl (C=O) groups excluding carboxylic acids is 1. The first-order valence-electron chi connectivity index (χ1n) is 9.63. The second-order valence-electron chi connectivity index (χ2n) is 7.21. The molecule has 6 nitrogen and oxygen atoms in total. The Morgan fingerprint density at radius 2 is 2.33 bits per heavy atom. The number of carbonyl (C=O) groups is 1. The van der Waals surface area contributed by atoms with Crippen molar-refractivity contribution in [3.63, 3.8) is 0 Å². The molecule has 0 radical (unpaired) electrons. The number of aryl methyl sites for hydroxylation is 1. The van der Waals surface area contributed by atoms with Crippen molar-refractivity contribution >= 4 is 28.8 Å². The Kier molecular flexibility index (Phi) is 6.19. The molecule has 2 unspecified atom stereocenters. The van der Waals surface area contributed by atoms with Crippen molar-refractivity contribution < 1.29 is 13.9 Å². The molecule has 0 aliphatic carbocycles. The van der Waals surface area contributed by atoms with E-state index < -0.39 is 0 Å². The number of ether oxygens (including phenoxy) is 1. The number of nitrogens with one attached hydrogen (secondary N) is 1. The van der Waals surface area contributed by atoms with Crippen molar-refractivity contribution in [2.45, 2.75) is 31.5 Å². The van der Waals surface area contributed by atoms with Gasteiger partial charge in [0.1, 0.15) is 5.82 Å². The molecule has 3 heterocycles. The van der Waals surface area contributed by atoms with Crippen LogP contribution in [0.25, 0.3) is 11.3 Å². The van der Waals surface area contributed by atoms with E-state index in [0.29, 0.717) is 22.9 Å². The molecule has 2 aromatic heterocycles. The second kappa shape index (κ2) is 8.85. The zero-order chi connectivity index (χ0) is 21.3. The highest BCUT2D eigenvalue weighted by Gasteiger charge is 2.29. The Bertz CT molecular complexity index is 1070. The van der Waals surface area contributed by atoms with Crippen LogP contribution in [-0.2, 0) is 17.7 Å². The summed E-state index contributed by atoms with van der Waals surface area (Å²) in [6.07, 6.45) is 2.67. The fourth-order valence-corrected chi connectivity index (χ4v) is 5.15. The average Bonchev–Trinajstić information content (AvgIpc) is 3.28. The number of aromatic nitrogens is 2. The van der Waals surface area contributed by atoms with Crippen molar-refractivity contribution in [3.05, 3.63) is 62.7 Å². The topological polar surface area (TPSA) is 82.2 Å². The molecule has 158 valence electrons. The predicted octanol–water partition coefficient (Wildman–Crippen LogP) is 3.80. The van der Waals surface area contributed by atoms with Crippen molar-refractivity contribution in [3.8, 4) is 11.3 Å². The number of hydrogen-bond donors (Lipinski definition) is 2. The highest BCUT2D eigenvalue weighted by atomic mass is 35.5. The number of fused-ring (bicyclic) bond motifs is 3. The molecule has 3 N–H and O–H groups in total. The summed E-state index contributed by atoms with van der Waals surface area (Å²) >= 11 is 7.77. The molecule has 0 bridgehead atoms. The summed E-state index contributed by atoms with van der Waals surface area (Å²) in [6.45, 7) is 0.930. The van der Waals surface area contributed by atoms with Crippen LogP contribution in [0.2, 0.25) is 5.02 Å². The van der Waals surface area contributed by atoms with Gasteiger partial charge in [-0.3, -0.25) is 9.48 Å². The summed E-state index contributed by atoms with van der Waals surface area (Å²) < 4.78 is 21.0. The minimum atomic E-state index is -0.312.